The minimum Gasteiger partial charge on any atom is -0.480 e. The second kappa shape index (κ2) is 8.65. The Morgan fingerprint density at radius 2 is 1.88 bits per heavy atom. The Kier molecular flexibility index (Phi) is 6.56. The van der Waals surface area contributed by atoms with E-state index in [1.54, 1.807) is 17.0 Å². The number of aliphatic carboxylic acids is 1. The van der Waals surface area contributed by atoms with E-state index < -0.39 is 24.0 Å². The predicted molar refractivity (Wildman–Crippen MR) is 93.8 cm³/mol. The van der Waals surface area contributed by atoms with Crippen LogP contribution in [-0.4, -0.2) is 40.4 Å². The van der Waals surface area contributed by atoms with Gasteiger partial charge in [-0.25, -0.2) is 4.79 Å². The first-order valence-corrected chi connectivity index (χ1v) is 8.77. The first-order chi connectivity index (χ1) is 11.9. The van der Waals surface area contributed by atoms with Crippen molar-refractivity contribution in [1.82, 2.24) is 10.2 Å². The van der Waals surface area contributed by atoms with Gasteiger partial charge in [0.25, 0.3) is 0 Å². The number of nitrogens with one attached hydrogen (secondary N) is 1. The van der Waals surface area contributed by atoms with E-state index in [0.717, 1.165) is 12.8 Å². The number of carboxylic acids is 1. The first kappa shape index (κ1) is 19.0. The summed E-state index contributed by atoms with van der Waals surface area (Å²) in [6.07, 6.45) is 2.43. The van der Waals surface area contributed by atoms with E-state index in [9.17, 15) is 19.5 Å². The lowest BCUT2D eigenvalue weighted by Crippen LogP contribution is -2.50. The zero-order valence-electron chi connectivity index (χ0n) is 14.8. The summed E-state index contributed by atoms with van der Waals surface area (Å²) in [6, 6.07) is 7.31. The number of piperidine rings is 1. The number of benzene rings is 1. The van der Waals surface area contributed by atoms with Crippen molar-refractivity contribution < 1.29 is 19.5 Å². The average Bonchev–Trinajstić information content (AvgIpc) is 2.57. The van der Waals surface area contributed by atoms with Gasteiger partial charge in [0, 0.05) is 13.0 Å². The number of rotatable bonds is 7. The van der Waals surface area contributed by atoms with E-state index in [2.05, 4.69) is 5.32 Å². The van der Waals surface area contributed by atoms with Crippen molar-refractivity contribution in [3.63, 3.8) is 0 Å². The Balaban J connectivity index is 2.26. The SMILES string of the molecule is CC(C)C[C@@H](NC(=O)C(c1ccccc1)N1CCCCC1=O)C(=O)O. The number of hydrogen-bond acceptors (Lipinski definition) is 3. The van der Waals surface area contributed by atoms with Crippen molar-refractivity contribution in [3.05, 3.63) is 35.9 Å². The molecule has 0 aromatic heterocycles. The summed E-state index contributed by atoms with van der Waals surface area (Å²) in [6.45, 7) is 4.32. The second-order valence-electron chi connectivity index (χ2n) is 6.89. The van der Waals surface area contributed by atoms with Crippen molar-refractivity contribution in [1.29, 1.82) is 0 Å². The molecule has 136 valence electrons. The maximum absolute atomic E-state index is 12.9. The van der Waals surface area contributed by atoms with Gasteiger partial charge < -0.3 is 15.3 Å². The summed E-state index contributed by atoms with van der Waals surface area (Å²) < 4.78 is 0. The lowest BCUT2D eigenvalue weighted by molar-refractivity contribution is -0.146. The van der Waals surface area contributed by atoms with Crippen LogP contribution in [0.4, 0.5) is 0 Å². The van der Waals surface area contributed by atoms with Gasteiger partial charge in [-0.1, -0.05) is 44.2 Å². The molecule has 1 aromatic rings. The Morgan fingerprint density at radius 1 is 1.20 bits per heavy atom. The summed E-state index contributed by atoms with van der Waals surface area (Å²) in [7, 11) is 0. The molecule has 1 fully saturated rings. The molecule has 25 heavy (non-hydrogen) atoms. The van der Waals surface area contributed by atoms with Gasteiger partial charge in [-0.05, 0) is 30.7 Å². The number of nitrogens with zero attached hydrogens (tertiary/aromatic N) is 1. The zero-order chi connectivity index (χ0) is 18.4. The lowest BCUT2D eigenvalue weighted by atomic mass is 9.99. The maximum Gasteiger partial charge on any atom is 0.326 e. The molecular formula is C19H26N2O4. The van der Waals surface area contributed by atoms with E-state index >= 15 is 0 Å². The van der Waals surface area contributed by atoms with E-state index in [1.807, 2.05) is 32.0 Å². The van der Waals surface area contributed by atoms with Gasteiger partial charge in [-0.3, -0.25) is 9.59 Å². The minimum absolute atomic E-state index is 0.0639. The van der Waals surface area contributed by atoms with Crippen LogP contribution in [0.2, 0.25) is 0 Å². The molecule has 1 aromatic carbocycles. The second-order valence-corrected chi connectivity index (χ2v) is 6.89. The van der Waals surface area contributed by atoms with Gasteiger partial charge in [0.05, 0.1) is 0 Å². The van der Waals surface area contributed by atoms with Crippen LogP contribution in [0.25, 0.3) is 0 Å². The molecule has 0 aliphatic carbocycles. The van der Waals surface area contributed by atoms with Crippen LogP contribution in [0.1, 0.15) is 51.1 Å². The molecular weight excluding hydrogens is 320 g/mol. The van der Waals surface area contributed by atoms with Crippen molar-refractivity contribution in [3.8, 4) is 0 Å². The molecule has 2 atom stereocenters. The standard InChI is InChI=1S/C19H26N2O4/c1-13(2)12-15(19(24)25)20-18(23)17(14-8-4-3-5-9-14)21-11-7-6-10-16(21)22/h3-5,8-9,13,15,17H,6-7,10-12H2,1-2H3,(H,20,23)(H,24,25)/t15-,17?/m1/s1. The topological polar surface area (TPSA) is 86.7 Å². The Hall–Kier alpha value is -2.37. The van der Waals surface area contributed by atoms with Crippen molar-refractivity contribution in [2.75, 3.05) is 6.54 Å². The lowest BCUT2D eigenvalue weighted by Gasteiger charge is -2.34. The van der Waals surface area contributed by atoms with E-state index in [4.69, 9.17) is 0 Å². The Morgan fingerprint density at radius 3 is 2.44 bits per heavy atom. The summed E-state index contributed by atoms with van der Waals surface area (Å²) in [5.41, 5.74) is 0.698. The quantitative estimate of drug-likeness (QED) is 0.793. The fraction of sp³-hybridized carbons (Fsp3) is 0.526. The molecule has 2 amide bonds. The van der Waals surface area contributed by atoms with Crippen LogP contribution in [0, 0.1) is 5.92 Å². The molecule has 0 spiro atoms. The van der Waals surface area contributed by atoms with Gasteiger partial charge in [-0.2, -0.15) is 0 Å². The van der Waals surface area contributed by atoms with Crippen LogP contribution >= 0.6 is 0 Å². The third-order valence-corrected chi connectivity index (χ3v) is 4.36. The monoisotopic (exact) mass is 346 g/mol. The van der Waals surface area contributed by atoms with Gasteiger partial charge in [0.2, 0.25) is 11.8 Å². The van der Waals surface area contributed by atoms with Gasteiger partial charge in [0.15, 0.2) is 0 Å². The van der Waals surface area contributed by atoms with Crippen LogP contribution in [-0.2, 0) is 14.4 Å². The zero-order valence-corrected chi connectivity index (χ0v) is 14.8. The highest BCUT2D eigenvalue weighted by atomic mass is 16.4. The van der Waals surface area contributed by atoms with Crippen molar-refractivity contribution in [2.24, 2.45) is 5.92 Å². The number of likely N-dealkylation sites (tertiary alicyclic amines) is 1. The van der Waals surface area contributed by atoms with Crippen LogP contribution in [0.3, 0.4) is 0 Å². The van der Waals surface area contributed by atoms with E-state index in [-0.39, 0.29) is 11.8 Å². The van der Waals surface area contributed by atoms with Crippen LogP contribution < -0.4 is 5.32 Å². The molecule has 1 unspecified atom stereocenters. The van der Waals surface area contributed by atoms with E-state index in [1.165, 1.54) is 0 Å². The van der Waals surface area contributed by atoms with Crippen molar-refractivity contribution in [2.45, 2.75) is 51.6 Å². The molecule has 1 saturated heterocycles. The molecule has 1 aliphatic heterocycles. The normalized spacial score (nSPS) is 17.2. The highest BCUT2D eigenvalue weighted by Crippen LogP contribution is 2.26. The molecule has 0 radical (unpaired) electrons. The first-order valence-electron chi connectivity index (χ1n) is 8.77. The molecule has 0 saturated carbocycles. The molecule has 2 N–H and O–H groups in total. The third-order valence-electron chi connectivity index (χ3n) is 4.36. The van der Waals surface area contributed by atoms with Gasteiger partial charge in [-0.15, -0.1) is 0 Å². The number of hydrogen-bond donors (Lipinski definition) is 2. The number of amides is 2. The summed E-state index contributed by atoms with van der Waals surface area (Å²) in [5, 5.41) is 12.0. The molecule has 1 aliphatic rings. The largest absolute Gasteiger partial charge is 0.480 e. The van der Waals surface area contributed by atoms with Crippen LogP contribution in [0.5, 0.6) is 0 Å². The molecule has 6 heteroatoms. The number of carbonyl (C=O) groups is 3. The van der Waals surface area contributed by atoms with Crippen LogP contribution in [0.15, 0.2) is 30.3 Å². The highest BCUT2D eigenvalue weighted by Gasteiger charge is 2.34. The minimum atomic E-state index is -1.06. The molecule has 6 nitrogen and oxygen atoms in total. The predicted octanol–water partition coefficient (Wildman–Crippen LogP) is 2.36. The van der Waals surface area contributed by atoms with Crippen molar-refractivity contribution >= 4 is 17.8 Å². The number of carbonyl (C=O) groups excluding carboxylic acids is 2. The van der Waals surface area contributed by atoms with Gasteiger partial charge in [0.1, 0.15) is 12.1 Å². The smallest absolute Gasteiger partial charge is 0.326 e. The summed E-state index contributed by atoms with van der Waals surface area (Å²) >= 11 is 0. The summed E-state index contributed by atoms with van der Waals surface area (Å²) in [5.74, 6) is -1.42. The number of carboxylic acid groups (broad SMARTS) is 1. The summed E-state index contributed by atoms with van der Waals surface area (Å²) in [4.78, 5) is 38.3. The fourth-order valence-corrected chi connectivity index (χ4v) is 3.15. The third kappa shape index (κ3) is 5.05. The maximum atomic E-state index is 12.9. The molecule has 1 heterocycles. The Bertz CT molecular complexity index is 615. The average molecular weight is 346 g/mol. The highest BCUT2D eigenvalue weighted by molar-refractivity contribution is 5.91. The van der Waals surface area contributed by atoms with Gasteiger partial charge >= 0.3 is 5.97 Å². The molecule has 0 bridgehead atoms. The fourth-order valence-electron chi connectivity index (χ4n) is 3.15. The Labute approximate surface area is 148 Å². The van der Waals surface area contributed by atoms with E-state index in [0.29, 0.717) is 24.9 Å². The molecule has 2 rings (SSSR count).